The third-order valence-corrected chi connectivity index (χ3v) is 6.26. The summed E-state index contributed by atoms with van der Waals surface area (Å²) in [4.78, 5) is -0.0998. The molecule has 0 spiro atoms. The Morgan fingerprint density at radius 2 is 2.08 bits per heavy atom. The second kappa shape index (κ2) is 7.41. The second-order valence-corrected chi connectivity index (χ2v) is 7.72. The smallest absolute Gasteiger partial charge is 0.243 e. The molecule has 0 aliphatic carbocycles. The Kier molecular flexibility index (Phi) is 5.23. The van der Waals surface area contributed by atoms with Gasteiger partial charge in [0.2, 0.25) is 10.0 Å². The van der Waals surface area contributed by atoms with Crippen molar-refractivity contribution >= 4 is 10.0 Å². The molecule has 0 aromatic heterocycles. The molecule has 1 N–H and O–H groups in total. The van der Waals surface area contributed by atoms with Gasteiger partial charge in [0.05, 0.1) is 23.6 Å². The van der Waals surface area contributed by atoms with Crippen molar-refractivity contribution in [2.24, 2.45) is 0 Å². The van der Waals surface area contributed by atoms with Crippen LogP contribution < -0.4 is 10.1 Å². The van der Waals surface area contributed by atoms with E-state index in [0.29, 0.717) is 18.8 Å². The third-order valence-electron chi connectivity index (χ3n) is 4.36. The summed E-state index contributed by atoms with van der Waals surface area (Å²) in [6, 6.07) is 11.7. The largest absolute Gasteiger partial charge is 0.496 e. The molecule has 2 aromatic rings. The van der Waals surface area contributed by atoms with Gasteiger partial charge in [0.25, 0.3) is 0 Å². The van der Waals surface area contributed by atoms with Crippen molar-refractivity contribution < 1.29 is 17.5 Å². The highest BCUT2D eigenvalue weighted by Gasteiger charge is 2.36. The Morgan fingerprint density at radius 3 is 2.81 bits per heavy atom. The number of sulfonamides is 1. The summed E-state index contributed by atoms with van der Waals surface area (Å²) in [6.45, 7) is 1.17. The Hall–Kier alpha value is -2.47. The van der Waals surface area contributed by atoms with Gasteiger partial charge in [-0.1, -0.05) is 18.2 Å². The van der Waals surface area contributed by atoms with E-state index in [1.807, 2.05) is 18.2 Å². The van der Waals surface area contributed by atoms with Gasteiger partial charge in [-0.2, -0.15) is 9.57 Å². The van der Waals surface area contributed by atoms with Crippen LogP contribution in [0.15, 0.2) is 47.4 Å². The van der Waals surface area contributed by atoms with E-state index >= 15 is 0 Å². The van der Waals surface area contributed by atoms with Crippen LogP contribution in [0.1, 0.15) is 17.2 Å². The fourth-order valence-corrected chi connectivity index (χ4v) is 4.70. The summed E-state index contributed by atoms with van der Waals surface area (Å²) in [5, 5.41) is 12.2. The lowest BCUT2D eigenvalue weighted by Crippen LogP contribution is -2.48. The maximum absolute atomic E-state index is 13.6. The molecule has 0 saturated carbocycles. The molecule has 0 radical (unpaired) electrons. The van der Waals surface area contributed by atoms with Crippen LogP contribution in [0.5, 0.6) is 5.75 Å². The van der Waals surface area contributed by atoms with Gasteiger partial charge < -0.3 is 10.1 Å². The fourth-order valence-electron chi connectivity index (χ4n) is 3.07. The minimum absolute atomic E-state index is 0.0998. The lowest BCUT2D eigenvalue weighted by molar-refractivity contribution is 0.264. The van der Waals surface area contributed by atoms with Gasteiger partial charge >= 0.3 is 0 Å². The van der Waals surface area contributed by atoms with E-state index in [0.717, 1.165) is 17.7 Å². The van der Waals surface area contributed by atoms with E-state index in [9.17, 15) is 12.8 Å². The predicted octanol–water partition coefficient (Wildman–Crippen LogP) is 2.04. The number of ether oxygens (including phenoxy) is 1. The number of benzene rings is 2. The van der Waals surface area contributed by atoms with Gasteiger partial charge in [-0.3, -0.25) is 0 Å². The van der Waals surface area contributed by atoms with Crippen LogP contribution in [0.4, 0.5) is 4.39 Å². The van der Waals surface area contributed by atoms with Gasteiger partial charge in [0.1, 0.15) is 17.6 Å². The van der Waals surface area contributed by atoms with Crippen molar-refractivity contribution in [3.05, 3.63) is 59.4 Å². The minimum Gasteiger partial charge on any atom is -0.496 e. The molecular formula is C18H18FN3O3S. The first-order valence-electron chi connectivity index (χ1n) is 8.04. The lowest BCUT2D eigenvalue weighted by atomic mass is 10.0. The first-order valence-corrected chi connectivity index (χ1v) is 9.48. The molecule has 1 heterocycles. The summed E-state index contributed by atoms with van der Waals surface area (Å²) >= 11 is 0. The number of hydrogen-bond donors (Lipinski definition) is 1. The molecule has 1 fully saturated rings. The van der Waals surface area contributed by atoms with Gasteiger partial charge in [-0.15, -0.1) is 0 Å². The zero-order chi connectivity index (χ0) is 18.7. The standard InChI is InChI=1S/C18H18FN3O3S/c1-25-18-5-3-2-4-15(18)17-12-21-8-9-22(17)26(23,24)14-6-7-16(19)13(10-14)11-20/h2-7,10,17,21H,8-9,12H2,1H3. The molecule has 1 aliphatic rings. The highest BCUT2D eigenvalue weighted by atomic mass is 32.2. The maximum atomic E-state index is 13.6. The summed E-state index contributed by atoms with van der Waals surface area (Å²) in [6.07, 6.45) is 0. The average molecular weight is 375 g/mol. The zero-order valence-electron chi connectivity index (χ0n) is 14.1. The number of nitrogens with one attached hydrogen (secondary N) is 1. The van der Waals surface area contributed by atoms with Crippen molar-refractivity contribution in [1.29, 1.82) is 5.26 Å². The van der Waals surface area contributed by atoms with Crippen LogP contribution in [-0.4, -0.2) is 39.5 Å². The first-order chi connectivity index (χ1) is 12.5. The van der Waals surface area contributed by atoms with Crippen molar-refractivity contribution in [2.75, 3.05) is 26.7 Å². The Labute approximate surface area is 151 Å². The van der Waals surface area contributed by atoms with Crippen LogP contribution in [-0.2, 0) is 10.0 Å². The van der Waals surface area contributed by atoms with Crippen LogP contribution in [0.3, 0.4) is 0 Å². The van der Waals surface area contributed by atoms with Gasteiger partial charge in [0.15, 0.2) is 0 Å². The van der Waals surface area contributed by atoms with Crippen LogP contribution in [0, 0.1) is 17.1 Å². The number of para-hydroxylation sites is 1. The molecule has 26 heavy (non-hydrogen) atoms. The molecule has 136 valence electrons. The van der Waals surface area contributed by atoms with Gasteiger partial charge in [-0.25, -0.2) is 12.8 Å². The Morgan fingerprint density at radius 1 is 1.31 bits per heavy atom. The predicted molar refractivity (Wildman–Crippen MR) is 93.6 cm³/mol. The Balaban J connectivity index is 2.06. The highest BCUT2D eigenvalue weighted by molar-refractivity contribution is 7.89. The third kappa shape index (κ3) is 3.29. The molecular weight excluding hydrogens is 357 g/mol. The van der Waals surface area contributed by atoms with Crippen LogP contribution in [0.2, 0.25) is 0 Å². The molecule has 1 saturated heterocycles. The summed E-state index contributed by atoms with van der Waals surface area (Å²) in [5.41, 5.74) is 0.448. The second-order valence-electron chi connectivity index (χ2n) is 5.83. The number of nitriles is 1. The quantitative estimate of drug-likeness (QED) is 0.884. The van der Waals surface area contributed by atoms with Crippen LogP contribution >= 0.6 is 0 Å². The molecule has 0 bridgehead atoms. The molecule has 2 aromatic carbocycles. The molecule has 1 unspecified atom stereocenters. The monoisotopic (exact) mass is 375 g/mol. The van der Waals surface area contributed by atoms with Crippen molar-refractivity contribution in [3.8, 4) is 11.8 Å². The van der Waals surface area contributed by atoms with Gasteiger partial charge in [-0.05, 0) is 24.3 Å². The summed E-state index contributed by atoms with van der Waals surface area (Å²) < 4.78 is 46.7. The summed E-state index contributed by atoms with van der Waals surface area (Å²) in [7, 11) is -2.38. The number of halogens is 1. The molecule has 0 amide bonds. The molecule has 3 rings (SSSR count). The molecule has 1 atom stereocenters. The number of piperazine rings is 1. The normalized spacial score (nSPS) is 18.3. The Bertz CT molecular complexity index is 956. The summed E-state index contributed by atoms with van der Waals surface area (Å²) in [5.74, 6) is -0.147. The minimum atomic E-state index is -3.91. The molecule has 8 heteroatoms. The van der Waals surface area contributed by atoms with E-state index in [-0.39, 0.29) is 17.0 Å². The van der Waals surface area contributed by atoms with Crippen molar-refractivity contribution in [2.45, 2.75) is 10.9 Å². The van der Waals surface area contributed by atoms with Crippen molar-refractivity contribution in [1.82, 2.24) is 9.62 Å². The van der Waals surface area contributed by atoms with Gasteiger partial charge in [0, 0.05) is 25.2 Å². The van der Waals surface area contributed by atoms with E-state index in [1.54, 1.807) is 12.1 Å². The SMILES string of the molecule is COc1ccccc1C1CNCCN1S(=O)(=O)c1ccc(F)c(C#N)c1. The van der Waals surface area contributed by atoms with Crippen LogP contribution in [0.25, 0.3) is 0 Å². The fraction of sp³-hybridized carbons (Fsp3) is 0.278. The number of nitrogens with zero attached hydrogens (tertiary/aromatic N) is 2. The van der Waals surface area contributed by atoms with E-state index in [2.05, 4.69) is 5.32 Å². The van der Waals surface area contributed by atoms with E-state index in [1.165, 1.54) is 17.5 Å². The zero-order valence-corrected chi connectivity index (χ0v) is 15.0. The van der Waals surface area contributed by atoms with Crippen molar-refractivity contribution in [3.63, 3.8) is 0 Å². The highest BCUT2D eigenvalue weighted by Crippen LogP contribution is 2.34. The van der Waals surface area contributed by atoms with E-state index < -0.39 is 21.9 Å². The molecule has 1 aliphatic heterocycles. The number of methoxy groups -OCH3 is 1. The number of hydrogen-bond acceptors (Lipinski definition) is 5. The maximum Gasteiger partial charge on any atom is 0.243 e. The first kappa shape index (κ1) is 18.3. The topological polar surface area (TPSA) is 82.4 Å². The van der Waals surface area contributed by atoms with E-state index in [4.69, 9.17) is 10.00 Å². The lowest BCUT2D eigenvalue weighted by Gasteiger charge is -2.36. The molecule has 6 nitrogen and oxygen atoms in total. The average Bonchev–Trinajstić information content (AvgIpc) is 2.68. The number of rotatable bonds is 4.